The number of aryl methyl sites for hydroxylation is 1. The van der Waals surface area contributed by atoms with Gasteiger partial charge >= 0.3 is 0 Å². The van der Waals surface area contributed by atoms with Crippen LogP contribution < -0.4 is 10.1 Å². The van der Waals surface area contributed by atoms with E-state index in [0.29, 0.717) is 10.6 Å². The SMILES string of the molecule is COCCN1CCC(NC(=O)c2sc(C)cc2OC)CC1. The number of hydrogen-bond donors (Lipinski definition) is 1. The number of methoxy groups -OCH3 is 2. The third-order valence-electron chi connectivity index (χ3n) is 3.78. The molecule has 2 rings (SSSR count). The second-order valence-corrected chi connectivity index (χ2v) is 6.59. The van der Waals surface area contributed by atoms with Gasteiger partial charge in [0.15, 0.2) is 0 Å². The predicted molar refractivity (Wildman–Crippen MR) is 84.4 cm³/mol. The highest BCUT2D eigenvalue weighted by Crippen LogP contribution is 2.28. The fraction of sp³-hybridized carbons (Fsp3) is 0.667. The van der Waals surface area contributed by atoms with Crippen LogP contribution in [-0.4, -0.2) is 57.3 Å². The summed E-state index contributed by atoms with van der Waals surface area (Å²) in [7, 11) is 3.33. The van der Waals surface area contributed by atoms with E-state index in [2.05, 4.69) is 10.2 Å². The van der Waals surface area contributed by atoms with Crippen molar-refractivity contribution < 1.29 is 14.3 Å². The highest BCUT2D eigenvalue weighted by molar-refractivity contribution is 7.14. The molecule has 1 N–H and O–H groups in total. The number of thiophene rings is 1. The number of hydrogen-bond acceptors (Lipinski definition) is 5. The summed E-state index contributed by atoms with van der Waals surface area (Å²) in [4.78, 5) is 16.5. The monoisotopic (exact) mass is 312 g/mol. The summed E-state index contributed by atoms with van der Waals surface area (Å²) in [5.74, 6) is 0.660. The van der Waals surface area contributed by atoms with Crippen molar-refractivity contribution in [1.29, 1.82) is 0 Å². The topological polar surface area (TPSA) is 50.8 Å². The second kappa shape index (κ2) is 7.77. The summed E-state index contributed by atoms with van der Waals surface area (Å²) in [6.07, 6.45) is 1.98. The molecule has 1 aromatic heterocycles. The van der Waals surface area contributed by atoms with E-state index >= 15 is 0 Å². The fourth-order valence-corrected chi connectivity index (χ4v) is 3.46. The molecule has 1 amide bonds. The van der Waals surface area contributed by atoms with Gasteiger partial charge in [-0.1, -0.05) is 0 Å². The van der Waals surface area contributed by atoms with Crippen LogP contribution in [0.1, 0.15) is 27.4 Å². The van der Waals surface area contributed by atoms with E-state index in [1.165, 1.54) is 11.3 Å². The van der Waals surface area contributed by atoms with E-state index in [4.69, 9.17) is 9.47 Å². The Labute approximate surface area is 130 Å². The molecule has 0 unspecified atom stereocenters. The smallest absolute Gasteiger partial charge is 0.265 e. The van der Waals surface area contributed by atoms with E-state index in [-0.39, 0.29) is 11.9 Å². The molecule has 0 saturated carbocycles. The van der Waals surface area contributed by atoms with Crippen molar-refractivity contribution in [2.45, 2.75) is 25.8 Å². The van der Waals surface area contributed by atoms with Crippen molar-refractivity contribution in [2.75, 3.05) is 40.5 Å². The number of rotatable bonds is 6. The van der Waals surface area contributed by atoms with Gasteiger partial charge in [-0.2, -0.15) is 0 Å². The molecule has 1 aromatic rings. The van der Waals surface area contributed by atoms with Gasteiger partial charge in [0.05, 0.1) is 13.7 Å². The largest absolute Gasteiger partial charge is 0.495 e. The standard InChI is InChI=1S/C15H24N2O3S/c1-11-10-13(20-3)14(21-11)15(18)16-12-4-6-17(7-5-12)8-9-19-2/h10,12H,4-9H2,1-3H3,(H,16,18). The van der Waals surface area contributed by atoms with Gasteiger partial charge in [0.25, 0.3) is 5.91 Å². The van der Waals surface area contributed by atoms with Gasteiger partial charge in [-0.15, -0.1) is 11.3 Å². The lowest BCUT2D eigenvalue weighted by Gasteiger charge is -2.32. The molecule has 1 saturated heterocycles. The molecule has 0 bridgehead atoms. The van der Waals surface area contributed by atoms with Crippen molar-refractivity contribution >= 4 is 17.2 Å². The third-order valence-corrected chi connectivity index (χ3v) is 4.81. The Hall–Kier alpha value is -1.11. The molecule has 0 atom stereocenters. The quantitative estimate of drug-likeness (QED) is 0.872. The maximum absolute atomic E-state index is 12.3. The number of ether oxygens (including phenoxy) is 2. The lowest BCUT2D eigenvalue weighted by atomic mass is 10.1. The first kappa shape index (κ1) is 16.3. The van der Waals surface area contributed by atoms with E-state index < -0.39 is 0 Å². The van der Waals surface area contributed by atoms with Crippen LogP contribution in [0.5, 0.6) is 5.75 Å². The van der Waals surface area contributed by atoms with Gasteiger partial charge in [0.2, 0.25) is 0 Å². The van der Waals surface area contributed by atoms with Crippen LogP contribution in [0.25, 0.3) is 0 Å². The molecule has 6 heteroatoms. The summed E-state index contributed by atoms with van der Waals surface area (Å²) >= 11 is 1.48. The highest BCUT2D eigenvalue weighted by Gasteiger charge is 2.23. The molecule has 118 valence electrons. The Morgan fingerprint density at radius 3 is 2.76 bits per heavy atom. The highest BCUT2D eigenvalue weighted by atomic mass is 32.1. The molecule has 0 spiro atoms. The molecular formula is C15H24N2O3S. The van der Waals surface area contributed by atoms with Gasteiger partial charge in [-0.25, -0.2) is 0 Å². The Kier molecular flexibility index (Phi) is 6.02. The molecule has 5 nitrogen and oxygen atoms in total. The van der Waals surface area contributed by atoms with Gasteiger partial charge in [-0.3, -0.25) is 4.79 Å². The Balaban J connectivity index is 1.84. The van der Waals surface area contributed by atoms with Gasteiger partial charge < -0.3 is 19.7 Å². The Morgan fingerprint density at radius 2 is 2.14 bits per heavy atom. The lowest BCUT2D eigenvalue weighted by Crippen LogP contribution is -2.45. The number of carbonyl (C=O) groups excluding carboxylic acids is 1. The molecule has 1 aliphatic heterocycles. The fourth-order valence-electron chi connectivity index (χ4n) is 2.57. The average Bonchev–Trinajstić information content (AvgIpc) is 2.88. The van der Waals surface area contributed by atoms with Crippen LogP contribution in [0.2, 0.25) is 0 Å². The summed E-state index contributed by atoms with van der Waals surface area (Å²) in [6.45, 7) is 5.74. The normalized spacial score (nSPS) is 16.9. The summed E-state index contributed by atoms with van der Waals surface area (Å²) < 4.78 is 10.4. The zero-order valence-corrected chi connectivity index (χ0v) is 13.8. The van der Waals surface area contributed by atoms with Crippen LogP contribution in [0, 0.1) is 6.92 Å². The number of piperidine rings is 1. The first-order valence-electron chi connectivity index (χ1n) is 7.30. The first-order valence-corrected chi connectivity index (χ1v) is 8.12. The van der Waals surface area contributed by atoms with Crippen molar-refractivity contribution in [3.63, 3.8) is 0 Å². The van der Waals surface area contributed by atoms with E-state index in [1.54, 1.807) is 14.2 Å². The van der Waals surface area contributed by atoms with Gasteiger partial charge in [-0.05, 0) is 25.8 Å². The minimum atomic E-state index is -0.0136. The molecule has 0 radical (unpaired) electrons. The molecule has 0 aliphatic carbocycles. The second-order valence-electron chi connectivity index (χ2n) is 5.34. The molecule has 0 aromatic carbocycles. The van der Waals surface area contributed by atoms with Crippen molar-refractivity contribution in [3.8, 4) is 5.75 Å². The Bertz CT molecular complexity index is 467. The van der Waals surface area contributed by atoms with Crippen LogP contribution >= 0.6 is 11.3 Å². The van der Waals surface area contributed by atoms with Crippen LogP contribution in [0.4, 0.5) is 0 Å². The molecule has 1 fully saturated rings. The predicted octanol–water partition coefficient (Wildman–Crippen LogP) is 1.91. The number of nitrogens with one attached hydrogen (secondary N) is 1. The van der Waals surface area contributed by atoms with Crippen LogP contribution in [-0.2, 0) is 4.74 Å². The van der Waals surface area contributed by atoms with Crippen molar-refractivity contribution in [2.24, 2.45) is 0 Å². The zero-order valence-electron chi connectivity index (χ0n) is 13.0. The van der Waals surface area contributed by atoms with Gasteiger partial charge in [0, 0.05) is 37.7 Å². The molecule has 1 aliphatic rings. The van der Waals surface area contributed by atoms with E-state index in [0.717, 1.165) is 44.0 Å². The number of carbonyl (C=O) groups is 1. The number of amides is 1. The number of nitrogens with zero attached hydrogens (tertiary/aromatic N) is 1. The van der Waals surface area contributed by atoms with Crippen LogP contribution in [0.3, 0.4) is 0 Å². The number of likely N-dealkylation sites (tertiary alicyclic amines) is 1. The van der Waals surface area contributed by atoms with Gasteiger partial charge in [0.1, 0.15) is 10.6 Å². The van der Waals surface area contributed by atoms with Crippen molar-refractivity contribution in [1.82, 2.24) is 10.2 Å². The maximum Gasteiger partial charge on any atom is 0.265 e. The minimum absolute atomic E-state index is 0.0136. The lowest BCUT2D eigenvalue weighted by molar-refractivity contribution is 0.0894. The molecule has 2 heterocycles. The van der Waals surface area contributed by atoms with E-state index in [9.17, 15) is 4.79 Å². The van der Waals surface area contributed by atoms with Crippen molar-refractivity contribution in [3.05, 3.63) is 15.8 Å². The first-order chi connectivity index (χ1) is 10.1. The summed E-state index contributed by atoms with van der Waals surface area (Å²) in [6, 6.07) is 2.16. The summed E-state index contributed by atoms with van der Waals surface area (Å²) in [5, 5.41) is 3.13. The summed E-state index contributed by atoms with van der Waals surface area (Å²) in [5.41, 5.74) is 0. The average molecular weight is 312 g/mol. The zero-order chi connectivity index (χ0) is 15.2. The minimum Gasteiger partial charge on any atom is -0.495 e. The Morgan fingerprint density at radius 1 is 1.43 bits per heavy atom. The third kappa shape index (κ3) is 4.43. The van der Waals surface area contributed by atoms with Crippen LogP contribution in [0.15, 0.2) is 6.07 Å². The molecular weight excluding hydrogens is 288 g/mol. The molecule has 21 heavy (non-hydrogen) atoms. The van der Waals surface area contributed by atoms with E-state index in [1.807, 2.05) is 13.0 Å². The maximum atomic E-state index is 12.3.